The van der Waals surface area contributed by atoms with E-state index in [1.54, 1.807) is 0 Å². The molecule has 102 valence electrons. The summed E-state index contributed by atoms with van der Waals surface area (Å²) in [6.45, 7) is 1.20. The summed E-state index contributed by atoms with van der Waals surface area (Å²) in [6.07, 6.45) is 0.326. The Morgan fingerprint density at radius 2 is 2.17 bits per heavy atom. The van der Waals surface area contributed by atoms with Crippen LogP contribution in [0.15, 0.2) is 24.3 Å². The highest BCUT2D eigenvalue weighted by Crippen LogP contribution is 2.14. The molecule has 0 heterocycles. The van der Waals surface area contributed by atoms with Gasteiger partial charge in [0.25, 0.3) is 0 Å². The van der Waals surface area contributed by atoms with Gasteiger partial charge in [0, 0.05) is 12.3 Å². The topological polar surface area (TPSA) is 61.6 Å². The molecule has 6 heteroatoms. The maximum Gasteiger partial charge on any atom is 0.306 e. The highest BCUT2D eigenvalue weighted by Gasteiger charge is 2.02. The van der Waals surface area contributed by atoms with Crippen LogP contribution >= 0.6 is 25.0 Å². The monoisotopic (exact) mass is 291 g/mol. The standard InChI is InChI=1S/C12H17NO3S.ClH/c13-5-6-15-11-3-1-2-10(8-11)9-16-12(14)4-7-17;/h1-3,8,17H,4-7,9,13H2;1H. The zero-order chi connectivity index (χ0) is 12.5. The number of carbonyl (C=O) groups is 1. The van der Waals surface area contributed by atoms with Crippen LogP contribution in [0.5, 0.6) is 5.75 Å². The Bertz CT molecular complexity index is 363. The van der Waals surface area contributed by atoms with E-state index in [2.05, 4.69) is 12.6 Å². The van der Waals surface area contributed by atoms with Gasteiger partial charge in [0.1, 0.15) is 19.0 Å². The summed E-state index contributed by atoms with van der Waals surface area (Å²) >= 11 is 3.96. The minimum Gasteiger partial charge on any atom is -0.492 e. The van der Waals surface area contributed by atoms with Crippen molar-refractivity contribution < 1.29 is 14.3 Å². The molecule has 18 heavy (non-hydrogen) atoms. The van der Waals surface area contributed by atoms with Crippen molar-refractivity contribution in [2.45, 2.75) is 13.0 Å². The lowest BCUT2D eigenvalue weighted by molar-refractivity contribution is -0.144. The van der Waals surface area contributed by atoms with E-state index >= 15 is 0 Å². The van der Waals surface area contributed by atoms with Crippen LogP contribution in [-0.2, 0) is 16.1 Å². The first kappa shape index (κ1) is 17.1. The molecule has 1 aromatic carbocycles. The van der Waals surface area contributed by atoms with Crippen molar-refractivity contribution in [1.29, 1.82) is 0 Å². The predicted molar refractivity (Wildman–Crippen MR) is 76.5 cm³/mol. The summed E-state index contributed by atoms with van der Waals surface area (Å²) in [5, 5.41) is 0. The summed E-state index contributed by atoms with van der Waals surface area (Å²) < 4.78 is 10.4. The van der Waals surface area contributed by atoms with Crippen LogP contribution in [0.1, 0.15) is 12.0 Å². The van der Waals surface area contributed by atoms with Crippen LogP contribution in [0.25, 0.3) is 0 Å². The summed E-state index contributed by atoms with van der Waals surface area (Å²) in [5.74, 6) is 0.991. The average molecular weight is 292 g/mol. The summed E-state index contributed by atoms with van der Waals surface area (Å²) in [7, 11) is 0. The molecular weight excluding hydrogens is 274 g/mol. The van der Waals surface area contributed by atoms with Gasteiger partial charge in [0.15, 0.2) is 0 Å². The van der Waals surface area contributed by atoms with Crippen molar-refractivity contribution in [1.82, 2.24) is 0 Å². The molecule has 0 fully saturated rings. The number of rotatable bonds is 7. The van der Waals surface area contributed by atoms with Crippen LogP contribution in [0.2, 0.25) is 0 Å². The van der Waals surface area contributed by atoms with Crippen molar-refractivity contribution in [3.63, 3.8) is 0 Å². The van der Waals surface area contributed by atoms with E-state index in [0.717, 1.165) is 11.3 Å². The van der Waals surface area contributed by atoms with E-state index in [4.69, 9.17) is 15.2 Å². The molecule has 4 nitrogen and oxygen atoms in total. The van der Waals surface area contributed by atoms with Gasteiger partial charge >= 0.3 is 5.97 Å². The Balaban J connectivity index is 0.00000289. The van der Waals surface area contributed by atoms with E-state index in [9.17, 15) is 4.79 Å². The molecule has 0 bridgehead atoms. The second-order valence-corrected chi connectivity index (χ2v) is 3.87. The lowest BCUT2D eigenvalue weighted by Crippen LogP contribution is -2.10. The predicted octanol–water partition coefficient (Wildman–Crippen LogP) is 1.81. The minimum absolute atomic E-state index is 0. The van der Waals surface area contributed by atoms with Crippen LogP contribution in [0.3, 0.4) is 0 Å². The number of halogens is 1. The second-order valence-electron chi connectivity index (χ2n) is 3.42. The first-order chi connectivity index (χ1) is 8.26. The van der Waals surface area contributed by atoms with Gasteiger partial charge in [-0.05, 0) is 17.7 Å². The average Bonchev–Trinajstić information content (AvgIpc) is 2.35. The van der Waals surface area contributed by atoms with Gasteiger partial charge in [-0.15, -0.1) is 12.4 Å². The largest absolute Gasteiger partial charge is 0.492 e. The van der Waals surface area contributed by atoms with Crippen LogP contribution < -0.4 is 10.5 Å². The molecule has 0 radical (unpaired) electrons. The molecule has 0 saturated heterocycles. The SMILES string of the molecule is Cl.NCCOc1cccc(COC(=O)CCS)c1. The maximum absolute atomic E-state index is 11.2. The zero-order valence-electron chi connectivity index (χ0n) is 10.0. The molecule has 1 rings (SSSR count). The van der Waals surface area contributed by atoms with Crippen LogP contribution in [0.4, 0.5) is 0 Å². The van der Waals surface area contributed by atoms with Gasteiger partial charge in [-0.3, -0.25) is 4.79 Å². The van der Waals surface area contributed by atoms with Gasteiger partial charge in [-0.2, -0.15) is 12.6 Å². The summed E-state index contributed by atoms with van der Waals surface area (Å²) in [5.41, 5.74) is 6.24. The minimum atomic E-state index is -0.242. The zero-order valence-corrected chi connectivity index (χ0v) is 11.7. The molecule has 0 saturated carbocycles. The lowest BCUT2D eigenvalue weighted by atomic mass is 10.2. The Kier molecular flexibility index (Phi) is 9.55. The number of hydrogen-bond donors (Lipinski definition) is 2. The molecule has 0 aliphatic heterocycles. The molecule has 0 spiro atoms. The number of esters is 1. The number of hydrogen-bond acceptors (Lipinski definition) is 5. The Morgan fingerprint density at radius 1 is 1.39 bits per heavy atom. The molecule has 0 unspecified atom stereocenters. The third-order valence-electron chi connectivity index (χ3n) is 2.00. The van der Waals surface area contributed by atoms with Crippen molar-refractivity contribution >= 4 is 31.0 Å². The van der Waals surface area contributed by atoms with E-state index in [1.807, 2.05) is 24.3 Å². The second kappa shape index (κ2) is 10.1. The normalized spacial score (nSPS) is 9.44. The van der Waals surface area contributed by atoms with E-state index in [-0.39, 0.29) is 25.0 Å². The molecule has 0 aromatic heterocycles. The maximum atomic E-state index is 11.2. The van der Waals surface area contributed by atoms with Gasteiger partial charge in [0.05, 0.1) is 6.42 Å². The fourth-order valence-electron chi connectivity index (χ4n) is 1.23. The molecule has 0 atom stereocenters. The molecule has 2 N–H and O–H groups in total. The number of carbonyl (C=O) groups excluding carboxylic acids is 1. The number of ether oxygens (including phenoxy) is 2. The molecular formula is C12H18ClNO3S. The van der Waals surface area contributed by atoms with Crippen molar-refractivity contribution in [2.24, 2.45) is 5.73 Å². The van der Waals surface area contributed by atoms with Gasteiger partial charge < -0.3 is 15.2 Å². The highest BCUT2D eigenvalue weighted by molar-refractivity contribution is 7.80. The first-order valence-corrected chi connectivity index (χ1v) is 6.08. The molecule has 0 aliphatic rings. The molecule has 0 amide bonds. The summed E-state index contributed by atoms with van der Waals surface area (Å²) in [6, 6.07) is 7.41. The van der Waals surface area contributed by atoms with E-state index in [1.165, 1.54) is 0 Å². The summed E-state index contributed by atoms with van der Waals surface area (Å²) in [4.78, 5) is 11.2. The smallest absolute Gasteiger partial charge is 0.306 e. The van der Waals surface area contributed by atoms with E-state index < -0.39 is 0 Å². The lowest BCUT2D eigenvalue weighted by Gasteiger charge is -2.07. The number of nitrogens with two attached hydrogens (primary N) is 1. The van der Waals surface area contributed by atoms with Crippen molar-refractivity contribution in [3.05, 3.63) is 29.8 Å². The van der Waals surface area contributed by atoms with Gasteiger partial charge in [-0.1, -0.05) is 12.1 Å². The first-order valence-electron chi connectivity index (χ1n) is 5.44. The van der Waals surface area contributed by atoms with Crippen LogP contribution in [-0.4, -0.2) is 24.9 Å². The van der Waals surface area contributed by atoms with Gasteiger partial charge in [0.2, 0.25) is 0 Å². The molecule has 1 aromatic rings. The Morgan fingerprint density at radius 3 is 2.83 bits per heavy atom. The fourth-order valence-corrected chi connectivity index (χ4v) is 1.41. The molecule has 0 aliphatic carbocycles. The van der Waals surface area contributed by atoms with E-state index in [0.29, 0.717) is 25.3 Å². The third-order valence-corrected chi connectivity index (χ3v) is 2.22. The number of benzene rings is 1. The van der Waals surface area contributed by atoms with Crippen LogP contribution in [0, 0.1) is 0 Å². The Hall–Kier alpha value is -0.910. The highest BCUT2D eigenvalue weighted by atomic mass is 35.5. The third kappa shape index (κ3) is 6.74. The quantitative estimate of drug-likeness (QED) is 0.594. The fraction of sp³-hybridized carbons (Fsp3) is 0.417. The van der Waals surface area contributed by atoms with Crippen molar-refractivity contribution in [2.75, 3.05) is 18.9 Å². The van der Waals surface area contributed by atoms with Gasteiger partial charge in [-0.25, -0.2) is 0 Å². The number of thiol groups is 1. The van der Waals surface area contributed by atoms with Crippen molar-refractivity contribution in [3.8, 4) is 5.75 Å². The Labute approximate surface area is 119 Å².